The smallest absolute Gasteiger partial charge is 0.0547 e. The van der Waals surface area contributed by atoms with E-state index in [9.17, 15) is 0 Å². The number of aromatic nitrogens is 6. The fraction of sp³-hybridized carbons (Fsp3) is 0. The van der Waals surface area contributed by atoms with Gasteiger partial charge in [0.05, 0.1) is 66.2 Å². The number of nitrogens with zero attached hydrogens (tertiary/aromatic N) is 6. The Morgan fingerprint density at radius 1 is 0.0733 bits per heavy atom. The third kappa shape index (κ3) is 15.6. The first-order valence-corrected chi connectivity index (χ1v) is 51.6. The number of hydrogen-bond acceptors (Lipinski definition) is 0. The van der Waals surface area contributed by atoms with E-state index >= 15 is 0 Å². The van der Waals surface area contributed by atoms with Gasteiger partial charge in [-0.3, -0.25) is 0 Å². The summed E-state index contributed by atoms with van der Waals surface area (Å²) < 4.78 is 14.5. The van der Waals surface area contributed by atoms with Crippen molar-refractivity contribution in [3.63, 3.8) is 0 Å². The van der Waals surface area contributed by atoms with Gasteiger partial charge in [-0.25, -0.2) is 0 Å². The third-order valence-corrected chi connectivity index (χ3v) is 30.3. The molecule has 0 saturated carbocycles. The van der Waals surface area contributed by atoms with Crippen molar-refractivity contribution in [2.24, 2.45) is 0 Å². The molecule has 150 heavy (non-hydrogen) atoms. The van der Waals surface area contributed by atoms with E-state index in [0.29, 0.717) is 0 Å². The quantitative estimate of drug-likeness (QED) is 0.0979. The van der Waals surface area contributed by atoms with Gasteiger partial charge >= 0.3 is 0 Å². The topological polar surface area (TPSA) is 29.6 Å². The van der Waals surface area contributed by atoms with Crippen molar-refractivity contribution < 1.29 is 0 Å². The highest BCUT2D eigenvalue weighted by Crippen LogP contribution is 2.46. The van der Waals surface area contributed by atoms with Gasteiger partial charge in [0.15, 0.2) is 0 Å². The molecule has 6 heterocycles. The summed E-state index contributed by atoms with van der Waals surface area (Å²) in [6, 6.07) is 211. The summed E-state index contributed by atoms with van der Waals surface area (Å²) in [4.78, 5) is 0. The molecule has 30 rings (SSSR count). The molecule has 0 aliphatic carbocycles. The minimum absolute atomic E-state index is 1.15. The van der Waals surface area contributed by atoms with E-state index in [1.54, 1.807) is 0 Å². The molecule has 0 aliphatic rings. The van der Waals surface area contributed by atoms with E-state index in [4.69, 9.17) is 0 Å². The minimum atomic E-state index is 1.15. The van der Waals surface area contributed by atoms with E-state index in [0.717, 1.165) is 34.1 Å². The number of hydrogen-bond donors (Lipinski definition) is 0. The van der Waals surface area contributed by atoms with E-state index in [-0.39, 0.29) is 0 Å². The molecule has 6 heteroatoms. The molecule has 0 amide bonds. The fourth-order valence-corrected chi connectivity index (χ4v) is 23.3. The zero-order chi connectivity index (χ0) is 99.1. The Bertz CT molecular complexity index is 10200. The second-order valence-corrected chi connectivity index (χ2v) is 39.0. The molecule has 0 atom stereocenters. The molecule has 0 radical (unpaired) electrons. The summed E-state index contributed by atoms with van der Waals surface area (Å²) in [5, 5.41) is 15.1. The molecule has 30 aromatic rings. The normalized spacial score (nSPS) is 11.6. The summed E-state index contributed by atoms with van der Waals surface area (Å²) in [5.74, 6) is 0. The summed E-state index contributed by atoms with van der Waals surface area (Å²) in [6.07, 6.45) is 0. The van der Waals surface area contributed by atoms with E-state index in [2.05, 4.69) is 610 Å². The fourth-order valence-electron chi connectivity index (χ4n) is 23.3. The highest BCUT2D eigenvalue weighted by atomic mass is 15.0. The van der Waals surface area contributed by atoms with Crippen LogP contribution in [0.5, 0.6) is 0 Å². The first-order chi connectivity index (χ1) is 74.4. The Labute approximate surface area is 868 Å². The number of benzene rings is 24. The molecule has 24 aromatic carbocycles. The Morgan fingerprint density at radius 2 is 0.227 bits per heavy atom. The first kappa shape index (κ1) is 87.8. The first-order valence-electron chi connectivity index (χ1n) is 51.6. The van der Waals surface area contributed by atoms with Gasteiger partial charge in [0.2, 0.25) is 0 Å². The zero-order valence-corrected chi connectivity index (χ0v) is 82.1. The molecule has 6 aromatic heterocycles. The third-order valence-electron chi connectivity index (χ3n) is 30.3. The molecule has 702 valence electrons. The highest BCUT2D eigenvalue weighted by Gasteiger charge is 2.24. The van der Waals surface area contributed by atoms with Crippen LogP contribution >= 0.6 is 0 Å². The zero-order valence-electron chi connectivity index (χ0n) is 82.1. The van der Waals surface area contributed by atoms with Gasteiger partial charge in [-0.1, -0.05) is 431 Å². The van der Waals surface area contributed by atoms with Crippen molar-refractivity contribution in [2.45, 2.75) is 0 Å². The van der Waals surface area contributed by atoms with Gasteiger partial charge in [-0.15, -0.1) is 0 Å². The Hall–Kier alpha value is -19.9. The lowest BCUT2D eigenvalue weighted by Crippen LogP contribution is -1.95. The minimum Gasteiger partial charge on any atom is -0.309 e. The Morgan fingerprint density at radius 3 is 0.473 bits per heavy atom. The van der Waals surface area contributed by atoms with Crippen molar-refractivity contribution in [1.82, 2.24) is 27.4 Å². The molecule has 0 bridgehead atoms. The van der Waals surface area contributed by atoms with Crippen LogP contribution in [0.1, 0.15) is 0 Å². The average molecular weight is 1910 g/mol. The number of fused-ring (bicyclic) bond motifs is 18. The van der Waals surface area contributed by atoms with Gasteiger partial charge < -0.3 is 27.4 Å². The molecular weight excluding hydrogens is 1810 g/mol. The monoisotopic (exact) mass is 1910 g/mol. The molecular formula is C144H96N6. The van der Waals surface area contributed by atoms with Gasteiger partial charge in [0.25, 0.3) is 0 Å². The lowest BCUT2D eigenvalue weighted by atomic mass is 10.0. The van der Waals surface area contributed by atoms with E-state index in [1.165, 1.54) is 231 Å². The Kier molecular flexibility index (Phi) is 21.9. The maximum Gasteiger partial charge on any atom is 0.0547 e. The average Bonchev–Trinajstić information content (AvgIpc) is 1.56. The van der Waals surface area contributed by atoms with Gasteiger partial charge in [0.1, 0.15) is 0 Å². The van der Waals surface area contributed by atoms with Crippen molar-refractivity contribution in [3.8, 4) is 134 Å². The van der Waals surface area contributed by atoms with Gasteiger partial charge in [0, 0.05) is 98.8 Å². The van der Waals surface area contributed by atoms with Crippen LogP contribution in [0.15, 0.2) is 582 Å². The highest BCUT2D eigenvalue weighted by molar-refractivity contribution is 6.17. The summed E-state index contributed by atoms with van der Waals surface area (Å²) in [7, 11) is 0. The maximum absolute atomic E-state index is 2.42. The SMILES string of the molecule is c1ccc(-c2ccc(-n3c4ccccc4c4ccc(-c5ccc6c7ccccc7n(-c7cccc(-c8ccccc8)c7)c6c5)cc43)cc2)cc1.c1ccc(-c2cccc(-n3c4ccccc4c4cc(-c5ccc6c7ccccc7n(-c7cccc(-c8ccccc8)c7)c6c5)ccc43)c2)cc1.c1ccc(-c2cccc(-n3c4ccccc4c4ccc(-c5ccc6c7ccccc7n(-c7cccc(-c8ccccc8)c7)c6c5)cc43)c2)cc1. The van der Waals surface area contributed by atoms with Crippen LogP contribution in [-0.2, 0) is 0 Å². The van der Waals surface area contributed by atoms with Crippen molar-refractivity contribution >= 4 is 131 Å². The summed E-state index contributed by atoms with van der Waals surface area (Å²) >= 11 is 0. The second-order valence-electron chi connectivity index (χ2n) is 39.0. The molecule has 0 spiro atoms. The molecule has 0 N–H and O–H groups in total. The van der Waals surface area contributed by atoms with Gasteiger partial charge in [-0.2, -0.15) is 0 Å². The lowest BCUT2D eigenvalue weighted by molar-refractivity contribution is 1.18. The molecule has 0 unspecified atom stereocenters. The molecule has 0 fully saturated rings. The van der Waals surface area contributed by atoms with Crippen LogP contribution in [0, 0.1) is 0 Å². The predicted octanol–water partition coefficient (Wildman–Crippen LogP) is 38.6. The van der Waals surface area contributed by atoms with Crippen molar-refractivity contribution in [1.29, 1.82) is 0 Å². The van der Waals surface area contributed by atoms with Crippen molar-refractivity contribution in [3.05, 3.63) is 582 Å². The second kappa shape index (κ2) is 37.4. The van der Waals surface area contributed by atoms with E-state index in [1.807, 2.05) is 0 Å². The number of rotatable bonds is 15. The summed E-state index contributed by atoms with van der Waals surface area (Å²) in [5.41, 5.74) is 43.1. The van der Waals surface area contributed by atoms with Crippen LogP contribution in [-0.4, -0.2) is 27.4 Å². The lowest BCUT2D eigenvalue weighted by Gasteiger charge is -2.12. The molecule has 0 aliphatic heterocycles. The number of para-hydroxylation sites is 6. The van der Waals surface area contributed by atoms with Crippen LogP contribution in [0.2, 0.25) is 0 Å². The Balaban J connectivity index is 0.000000108. The van der Waals surface area contributed by atoms with Crippen LogP contribution in [0.4, 0.5) is 0 Å². The molecule has 0 saturated heterocycles. The standard InChI is InChI=1S/3C48H32N2/c1-3-13-33(14-4-1)35-17-11-19-39(29-35)49-46-24-10-8-22-42(46)44-31-37(26-28-47(44)49)38-25-27-43-41-21-7-9-23-45(41)50(48(43)32-38)40-20-12-18-36(30-40)34-15-5-2-6-16-34;1-3-13-33(14-4-1)35-17-11-19-39(29-35)49-45-23-9-7-21-41(45)43-27-25-37(31-47(43)49)38-26-28-44-42-22-8-10-24-46(42)50(48(44)32-38)40-20-12-18-36(30-40)34-15-5-2-6-16-34;1-3-12-33(13-4-1)35-22-26-39(27-23-35)49-45-20-9-7-18-41(45)43-28-24-37(31-47(43)49)38-25-29-44-42-19-8-10-21-46(42)50(48(44)32-38)40-17-11-16-36(30-40)34-14-5-2-6-15-34/h3*1-32H. The van der Waals surface area contributed by atoms with Crippen LogP contribution in [0.3, 0.4) is 0 Å². The molecule has 6 nitrogen and oxygen atoms in total. The van der Waals surface area contributed by atoms with Crippen LogP contribution in [0.25, 0.3) is 265 Å². The largest absolute Gasteiger partial charge is 0.309 e. The predicted molar refractivity (Wildman–Crippen MR) is 634 cm³/mol. The van der Waals surface area contributed by atoms with Gasteiger partial charge in [-0.05, 0) is 252 Å². The maximum atomic E-state index is 2.42. The van der Waals surface area contributed by atoms with E-state index < -0.39 is 0 Å². The van der Waals surface area contributed by atoms with Crippen LogP contribution < -0.4 is 0 Å². The van der Waals surface area contributed by atoms with Crippen molar-refractivity contribution in [2.75, 3.05) is 0 Å². The summed E-state index contributed by atoms with van der Waals surface area (Å²) in [6.45, 7) is 0.